The molecule has 2 nitrogen and oxygen atoms in total. The van der Waals surface area contributed by atoms with E-state index in [2.05, 4.69) is 26.8 Å². The van der Waals surface area contributed by atoms with Gasteiger partial charge in [0, 0.05) is 0 Å². The third-order valence-corrected chi connectivity index (χ3v) is 6.51. The van der Waals surface area contributed by atoms with Crippen molar-refractivity contribution in [2.45, 2.75) is 130 Å². The first kappa shape index (κ1) is 27.7. The molecule has 0 radical (unpaired) electrons. The van der Waals surface area contributed by atoms with Crippen molar-refractivity contribution in [3.63, 3.8) is 0 Å². The van der Waals surface area contributed by atoms with Gasteiger partial charge in [-0.25, -0.2) is 0 Å². The van der Waals surface area contributed by atoms with Gasteiger partial charge in [-0.3, -0.25) is 4.79 Å². The van der Waals surface area contributed by atoms with E-state index in [1.54, 1.807) is 0 Å². The van der Waals surface area contributed by atoms with Crippen LogP contribution in [0.1, 0.15) is 128 Å². The zero-order valence-electron chi connectivity index (χ0n) is 20.9. The fraction of sp³-hybridized carbons (Fsp3) is 0.759. The fourth-order valence-electron chi connectivity index (χ4n) is 4.32. The van der Waals surface area contributed by atoms with Crippen LogP contribution in [-0.2, 0) is 16.0 Å². The normalized spacial score (nSPS) is 12.1. The molecule has 0 bridgehead atoms. The van der Waals surface area contributed by atoms with Gasteiger partial charge in [0.2, 0.25) is 0 Å². The molecule has 0 N–H and O–H groups in total. The molecule has 1 aromatic carbocycles. The van der Waals surface area contributed by atoms with E-state index in [1.807, 2.05) is 18.2 Å². The van der Waals surface area contributed by atoms with Crippen LogP contribution in [0.3, 0.4) is 0 Å². The predicted molar refractivity (Wildman–Crippen MR) is 135 cm³/mol. The van der Waals surface area contributed by atoms with Crippen LogP contribution >= 0.6 is 0 Å². The Balaban J connectivity index is 2.31. The summed E-state index contributed by atoms with van der Waals surface area (Å²) in [4.78, 5) is 12.4. The van der Waals surface area contributed by atoms with Crippen LogP contribution in [0.25, 0.3) is 0 Å². The largest absolute Gasteiger partial charge is 0.465 e. The standard InChI is InChI=1S/C29H50O2/c1-4-6-8-10-12-13-15-17-22-27(21-16-14-11-9-7-5-2)25-31-29(30)24-28-23-19-18-20-26(28)3/h18-20,23,27H,4-17,21-22,24-25H2,1-3H3. The van der Waals surface area contributed by atoms with E-state index in [-0.39, 0.29) is 5.97 Å². The van der Waals surface area contributed by atoms with Gasteiger partial charge >= 0.3 is 5.97 Å². The quantitative estimate of drug-likeness (QED) is 0.152. The maximum atomic E-state index is 12.4. The molecule has 0 saturated heterocycles. The van der Waals surface area contributed by atoms with E-state index < -0.39 is 0 Å². The van der Waals surface area contributed by atoms with Crippen LogP contribution in [0, 0.1) is 12.8 Å². The lowest BCUT2D eigenvalue weighted by atomic mass is 9.94. The molecule has 0 aromatic heterocycles. The molecule has 1 aromatic rings. The van der Waals surface area contributed by atoms with Gasteiger partial charge in [0.1, 0.15) is 0 Å². The highest BCUT2D eigenvalue weighted by Crippen LogP contribution is 2.20. The van der Waals surface area contributed by atoms with E-state index in [0.29, 0.717) is 18.9 Å². The molecule has 0 spiro atoms. The molecule has 0 aliphatic rings. The molecule has 0 amide bonds. The van der Waals surface area contributed by atoms with Gasteiger partial charge in [-0.15, -0.1) is 0 Å². The molecular weight excluding hydrogens is 380 g/mol. The number of rotatable bonds is 20. The molecule has 2 heteroatoms. The Kier molecular flexibility index (Phi) is 17.3. The Labute approximate surface area is 193 Å². The van der Waals surface area contributed by atoms with Crippen molar-refractivity contribution in [3.05, 3.63) is 35.4 Å². The van der Waals surface area contributed by atoms with Crippen molar-refractivity contribution < 1.29 is 9.53 Å². The Bertz CT molecular complexity index is 551. The van der Waals surface area contributed by atoms with Crippen molar-refractivity contribution in [2.24, 2.45) is 5.92 Å². The molecule has 1 unspecified atom stereocenters. The fourth-order valence-corrected chi connectivity index (χ4v) is 4.32. The van der Waals surface area contributed by atoms with Crippen LogP contribution < -0.4 is 0 Å². The number of hydrogen-bond acceptors (Lipinski definition) is 2. The SMILES string of the molecule is CCCCCCCCCCC(CCCCCCCC)COC(=O)Cc1ccccc1C. The molecule has 0 saturated carbocycles. The van der Waals surface area contributed by atoms with Gasteiger partial charge in [-0.2, -0.15) is 0 Å². The van der Waals surface area contributed by atoms with Crippen LogP contribution in [0.2, 0.25) is 0 Å². The van der Waals surface area contributed by atoms with Gasteiger partial charge in [0.25, 0.3) is 0 Å². The Morgan fingerprint density at radius 1 is 0.742 bits per heavy atom. The highest BCUT2D eigenvalue weighted by atomic mass is 16.5. The third kappa shape index (κ3) is 15.2. The lowest BCUT2D eigenvalue weighted by molar-refractivity contribution is -0.144. The minimum absolute atomic E-state index is 0.0711. The zero-order valence-corrected chi connectivity index (χ0v) is 20.9. The lowest BCUT2D eigenvalue weighted by Gasteiger charge is -2.17. The Morgan fingerprint density at radius 3 is 1.74 bits per heavy atom. The van der Waals surface area contributed by atoms with Crippen molar-refractivity contribution in [1.82, 2.24) is 0 Å². The zero-order chi connectivity index (χ0) is 22.6. The summed E-state index contributed by atoms with van der Waals surface area (Å²) in [5.74, 6) is 0.463. The number of carbonyl (C=O) groups excluding carboxylic acids is 1. The summed E-state index contributed by atoms with van der Waals surface area (Å²) in [5, 5.41) is 0. The highest BCUT2D eigenvalue weighted by Gasteiger charge is 2.13. The monoisotopic (exact) mass is 430 g/mol. The summed E-state index contributed by atoms with van der Waals surface area (Å²) in [6.45, 7) is 7.21. The van der Waals surface area contributed by atoms with Crippen LogP contribution in [0.5, 0.6) is 0 Å². The number of esters is 1. The summed E-state index contributed by atoms with van der Waals surface area (Å²) >= 11 is 0. The second-order valence-corrected chi connectivity index (χ2v) is 9.47. The van der Waals surface area contributed by atoms with Crippen LogP contribution in [-0.4, -0.2) is 12.6 Å². The van der Waals surface area contributed by atoms with Crippen molar-refractivity contribution in [3.8, 4) is 0 Å². The van der Waals surface area contributed by atoms with Crippen LogP contribution in [0.15, 0.2) is 24.3 Å². The predicted octanol–water partition coefficient (Wildman–Crippen LogP) is 8.98. The van der Waals surface area contributed by atoms with E-state index in [1.165, 1.54) is 108 Å². The number of hydrogen-bond donors (Lipinski definition) is 0. The average molecular weight is 431 g/mol. The van der Waals surface area contributed by atoms with E-state index in [4.69, 9.17) is 4.74 Å². The smallest absolute Gasteiger partial charge is 0.310 e. The van der Waals surface area contributed by atoms with Gasteiger partial charge < -0.3 is 4.74 Å². The van der Waals surface area contributed by atoms with Crippen molar-refractivity contribution in [1.29, 1.82) is 0 Å². The highest BCUT2D eigenvalue weighted by molar-refractivity contribution is 5.73. The Hall–Kier alpha value is -1.31. The van der Waals surface area contributed by atoms with E-state index in [0.717, 1.165) is 5.56 Å². The molecule has 0 aliphatic heterocycles. The first-order valence-corrected chi connectivity index (χ1v) is 13.4. The van der Waals surface area contributed by atoms with Gasteiger partial charge in [0.15, 0.2) is 0 Å². The number of aryl methyl sites for hydroxylation is 1. The maximum Gasteiger partial charge on any atom is 0.310 e. The van der Waals surface area contributed by atoms with Gasteiger partial charge in [-0.1, -0.05) is 128 Å². The summed E-state index contributed by atoms with van der Waals surface area (Å²) in [6.07, 6.45) is 21.7. The molecule has 1 rings (SSSR count). The number of carbonyl (C=O) groups is 1. The molecule has 31 heavy (non-hydrogen) atoms. The maximum absolute atomic E-state index is 12.4. The second-order valence-electron chi connectivity index (χ2n) is 9.47. The summed E-state index contributed by atoms with van der Waals surface area (Å²) < 4.78 is 5.74. The molecule has 0 fully saturated rings. The Morgan fingerprint density at radius 2 is 1.23 bits per heavy atom. The first-order chi connectivity index (χ1) is 15.2. The van der Waals surface area contributed by atoms with Gasteiger partial charge in [0.05, 0.1) is 13.0 Å². The minimum atomic E-state index is -0.0711. The van der Waals surface area contributed by atoms with Crippen LogP contribution in [0.4, 0.5) is 0 Å². The summed E-state index contributed by atoms with van der Waals surface area (Å²) in [5.41, 5.74) is 2.25. The second kappa shape index (κ2) is 19.4. The van der Waals surface area contributed by atoms with Crippen molar-refractivity contribution >= 4 is 5.97 Å². The first-order valence-electron chi connectivity index (χ1n) is 13.4. The van der Waals surface area contributed by atoms with E-state index >= 15 is 0 Å². The third-order valence-electron chi connectivity index (χ3n) is 6.51. The molecule has 1 atom stereocenters. The number of benzene rings is 1. The number of ether oxygens (including phenoxy) is 1. The van der Waals surface area contributed by atoms with E-state index in [9.17, 15) is 4.79 Å². The lowest BCUT2D eigenvalue weighted by Crippen LogP contribution is -2.16. The van der Waals surface area contributed by atoms with Gasteiger partial charge in [-0.05, 0) is 36.8 Å². The summed E-state index contributed by atoms with van der Waals surface area (Å²) in [6, 6.07) is 8.11. The average Bonchev–Trinajstić information content (AvgIpc) is 2.77. The topological polar surface area (TPSA) is 26.3 Å². The molecule has 0 aliphatic carbocycles. The molecule has 0 heterocycles. The summed E-state index contributed by atoms with van der Waals surface area (Å²) in [7, 11) is 0. The minimum Gasteiger partial charge on any atom is -0.465 e. The molecular formula is C29H50O2. The number of unbranched alkanes of at least 4 members (excludes halogenated alkanes) is 12. The van der Waals surface area contributed by atoms with Crippen molar-refractivity contribution in [2.75, 3.05) is 6.61 Å². The molecule has 178 valence electrons.